The van der Waals surface area contributed by atoms with Gasteiger partial charge in [-0.15, -0.1) is 12.4 Å². The average molecular weight is 424 g/mol. The Balaban J connectivity index is 0.00000280. The molecule has 0 unspecified atom stereocenters. The monoisotopic (exact) mass is 423 g/mol. The highest BCUT2D eigenvalue weighted by Gasteiger charge is 2.21. The zero-order valence-corrected chi connectivity index (χ0v) is 18.1. The minimum absolute atomic E-state index is 0. The van der Waals surface area contributed by atoms with Crippen molar-refractivity contribution in [3.63, 3.8) is 0 Å². The van der Waals surface area contributed by atoms with Gasteiger partial charge in [0.1, 0.15) is 0 Å². The summed E-state index contributed by atoms with van der Waals surface area (Å²) in [4.78, 5) is 0.335. The highest BCUT2D eigenvalue weighted by Crippen LogP contribution is 2.30. The molecule has 3 aromatic rings. The van der Waals surface area contributed by atoms with Gasteiger partial charge in [0.05, 0.1) is 12.0 Å². The third kappa shape index (κ3) is 4.62. The van der Waals surface area contributed by atoms with Gasteiger partial charge in [-0.3, -0.25) is 0 Å². The number of phenolic OH excluding ortho intramolecular Hbond substituents is 1. The van der Waals surface area contributed by atoms with Crippen molar-refractivity contribution in [2.24, 2.45) is 0 Å². The van der Waals surface area contributed by atoms with Crippen molar-refractivity contribution in [2.45, 2.75) is 37.1 Å². The number of aromatic nitrogens is 1. The van der Waals surface area contributed by atoms with Gasteiger partial charge in [0, 0.05) is 29.6 Å². The van der Waals surface area contributed by atoms with Gasteiger partial charge < -0.3 is 14.4 Å². The first kappa shape index (κ1) is 22.1. The fourth-order valence-corrected chi connectivity index (χ4v) is 3.81. The lowest BCUT2D eigenvalue weighted by Crippen LogP contribution is -2.25. The van der Waals surface area contributed by atoms with Gasteiger partial charge in [-0.2, -0.15) is 0 Å². The number of aryl methyl sites for hydroxylation is 1. The van der Waals surface area contributed by atoms with Gasteiger partial charge in [-0.25, -0.2) is 8.42 Å². The molecule has 0 fully saturated rings. The molecule has 0 aliphatic rings. The molecule has 152 valence electrons. The van der Waals surface area contributed by atoms with Crippen molar-refractivity contribution in [1.82, 2.24) is 4.57 Å². The molecule has 0 atom stereocenters. The Kier molecular flexibility index (Phi) is 6.36. The summed E-state index contributed by atoms with van der Waals surface area (Å²) in [5, 5.41) is 11.7. The molecule has 0 amide bonds. The smallest absolute Gasteiger partial charge is 0.175 e. The second kappa shape index (κ2) is 8.05. The molecule has 0 aliphatic carbocycles. The summed E-state index contributed by atoms with van der Waals surface area (Å²) in [5.74, 6) is 0.615. The fourth-order valence-electron chi connectivity index (χ4n) is 3.16. The normalized spacial score (nSPS) is 12.0. The summed E-state index contributed by atoms with van der Waals surface area (Å²) in [6.07, 6.45) is 6.98. The zero-order chi connectivity index (χ0) is 19.8. The molecule has 0 aliphatic heterocycles. The van der Waals surface area contributed by atoms with E-state index in [2.05, 4.69) is 24.6 Å². The van der Waals surface area contributed by atoms with Gasteiger partial charge in [0.2, 0.25) is 0 Å². The summed E-state index contributed by atoms with van der Waals surface area (Å²) in [6.45, 7) is 4.31. The summed E-state index contributed by atoms with van der Waals surface area (Å²) in [7, 11) is -1.68. The third-order valence-corrected chi connectivity index (χ3v) is 6.12. The maximum atomic E-state index is 11.8. The number of fused-ring (bicyclic) bond motifs is 1. The first-order valence-electron chi connectivity index (χ1n) is 8.78. The molecule has 0 bridgehead atoms. The molecule has 7 heteroatoms. The average Bonchev–Trinajstić information content (AvgIpc) is 3.04. The number of hydrogen-bond acceptors (Lipinski definition) is 4. The maximum Gasteiger partial charge on any atom is 0.175 e. The van der Waals surface area contributed by atoms with E-state index in [0.29, 0.717) is 10.6 Å². The van der Waals surface area contributed by atoms with Crippen molar-refractivity contribution >= 4 is 33.0 Å². The number of ether oxygens (including phenoxy) is 1. The Hall–Kier alpha value is -2.18. The summed E-state index contributed by atoms with van der Waals surface area (Å²) in [6, 6.07) is 10.6. The van der Waals surface area contributed by atoms with E-state index < -0.39 is 9.84 Å². The first-order chi connectivity index (χ1) is 12.6. The zero-order valence-electron chi connectivity index (χ0n) is 16.5. The van der Waals surface area contributed by atoms with Crippen molar-refractivity contribution in [1.29, 1.82) is 0 Å². The van der Waals surface area contributed by atoms with Crippen LogP contribution in [-0.2, 0) is 21.8 Å². The second-order valence-corrected chi connectivity index (χ2v) is 9.56. The Labute approximate surface area is 172 Å². The number of hydrogen-bond donors (Lipinski definition) is 1. The lowest BCUT2D eigenvalue weighted by molar-refractivity contribution is 0.329. The topological polar surface area (TPSA) is 68.5 Å². The molecule has 5 nitrogen and oxygen atoms in total. The number of rotatable bonds is 6. The summed E-state index contributed by atoms with van der Waals surface area (Å²) >= 11 is 0. The maximum absolute atomic E-state index is 11.8. The van der Waals surface area contributed by atoms with Crippen LogP contribution in [0.3, 0.4) is 0 Å². The van der Waals surface area contributed by atoms with Crippen LogP contribution in [0.5, 0.6) is 11.5 Å². The van der Waals surface area contributed by atoms with E-state index in [1.165, 1.54) is 6.26 Å². The SMILES string of the molecule is COc1cc(CCC(C)(C)n2cc3ccc(S(C)(=O)=O)cc3c2)ccc1O.Cl. The highest BCUT2D eigenvalue weighted by atomic mass is 35.5. The van der Waals surface area contributed by atoms with E-state index in [-0.39, 0.29) is 23.7 Å². The Bertz CT molecular complexity index is 1090. The molecule has 0 spiro atoms. The van der Waals surface area contributed by atoms with Crippen LogP contribution < -0.4 is 4.74 Å². The molecule has 28 heavy (non-hydrogen) atoms. The molecular weight excluding hydrogens is 398 g/mol. The van der Waals surface area contributed by atoms with Crippen LogP contribution in [0, 0.1) is 0 Å². The van der Waals surface area contributed by atoms with Crippen LogP contribution in [0.15, 0.2) is 53.7 Å². The molecule has 1 N–H and O–H groups in total. The van der Waals surface area contributed by atoms with Crippen LogP contribution in [0.4, 0.5) is 0 Å². The lowest BCUT2D eigenvalue weighted by Gasteiger charge is -2.27. The molecule has 0 saturated heterocycles. The Morgan fingerprint density at radius 2 is 1.75 bits per heavy atom. The number of sulfone groups is 1. The van der Waals surface area contributed by atoms with E-state index in [4.69, 9.17) is 4.74 Å². The van der Waals surface area contributed by atoms with Gasteiger partial charge in [-0.1, -0.05) is 12.1 Å². The Morgan fingerprint density at radius 1 is 1.07 bits per heavy atom. The molecular formula is C21H26ClNO4S. The van der Waals surface area contributed by atoms with Crippen LogP contribution in [0.2, 0.25) is 0 Å². The van der Waals surface area contributed by atoms with Crippen molar-refractivity contribution < 1.29 is 18.3 Å². The van der Waals surface area contributed by atoms with E-state index in [0.717, 1.165) is 29.2 Å². The number of aromatic hydroxyl groups is 1. The van der Waals surface area contributed by atoms with Crippen LogP contribution in [-0.4, -0.2) is 31.5 Å². The fraction of sp³-hybridized carbons (Fsp3) is 0.333. The third-order valence-electron chi connectivity index (χ3n) is 5.01. The van der Waals surface area contributed by atoms with Crippen LogP contribution in [0.1, 0.15) is 25.8 Å². The van der Waals surface area contributed by atoms with E-state index in [1.807, 2.05) is 24.4 Å². The number of methoxy groups -OCH3 is 1. The first-order valence-corrected chi connectivity index (χ1v) is 10.7. The van der Waals surface area contributed by atoms with Crippen LogP contribution >= 0.6 is 12.4 Å². The minimum atomic E-state index is -3.22. The Morgan fingerprint density at radius 3 is 2.39 bits per heavy atom. The van der Waals surface area contributed by atoms with Crippen LogP contribution in [0.25, 0.3) is 10.8 Å². The standard InChI is InChI=1S/C21H25NO4S.ClH/c1-21(2,10-9-15-5-8-19(23)20(11-15)26-3)22-13-16-6-7-18(27(4,24)25)12-17(16)14-22;/h5-8,11-14,23H,9-10H2,1-4H3;1H. The molecule has 0 radical (unpaired) electrons. The number of benzene rings is 2. The molecule has 0 saturated carbocycles. The van der Waals surface area contributed by atoms with Crippen molar-refractivity contribution in [3.05, 3.63) is 54.4 Å². The van der Waals surface area contributed by atoms with E-state index in [1.54, 1.807) is 25.3 Å². The minimum Gasteiger partial charge on any atom is -0.504 e. The van der Waals surface area contributed by atoms with E-state index >= 15 is 0 Å². The summed E-state index contributed by atoms with van der Waals surface area (Å²) in [5.41, 5.74) is 0.934. The quantitative estimate of drug-likeness (QED) is 0.631. The number of halogens is 1. The molecule has 1 heterocycles. The van der Waals surface area contributed by atoms with Gasteiger partial charge in [0.25, 0.3) is 0 Å². The number of phenols is 1. The lowest BCUT2D eigenvalue weighted by atomic mass is 9.95. The van der Waals surface area contributed by atoms with Gasteiger partial charge >= 0.3 is 0 Å². The van der Waals surface area contributed by atoms with Crippen molar-refractivity contribution in [3.8, 4) is 11.5 Å². The number of nitrogens with zero attached hydrogens (tertiary/aromatic N) is 1. The molecule has 3 rings (SSSR count). The molecule has 2 aromatic carbocycles. The largest absolute Gasteiger partial charge is 0.504 e. The highest BCUT2D eigenvalue weighted by molar-refractivity contribution is 7.90. The molecule has 1 aromatic heterocycles. The van der Waals surface area contributed by atoms with Gasteiger partial charge in [-0.05, 0) is 61.9 Å². The second-order valence-electron chi connectivity index (χ2n) is 7.55. The van der Waals surface area contributed by atoms with Gasteiger partial charge in [0.15, 0.2) is 21.3 Å². The predicted molar refractivity (Wildman–Crippen MR) is 115 cm³/mol. The predicted octanol–water partition coefficient (Wildman–Crippen LogP) is 4.55. The van der Waals surface area contributed by atoms with Crippen molar-refractivity contribution in [2.75, 3.05) is 13.4 Å². The summed E-state index contributed by atoms with van der Waals surface area (Å²) < 4.78 is 30.9. The van der Waals surface area contributed by atoms with E-state index in [9.17, 15) is 13.5 Å².